The highest BCUT2D eigenvalue weighted by Crippen LogP contribution is 2.59. The van der Waals surface area contributed by atoms with Crippen LogP contribution in [-0.4, -0.2) is 55.4 Å². The summed E-state index contributed by atoms with van der Waals surface area (Å²) in [6.07, 6.45) is -0.872. The highest BCUT2D eigenvalue weighted by molar-refractivity contribution is 7.85. The van der Waals surface area contributed by atoms with E-state index in [0.717, 1.165) is 0 Å². The minimum absolute atomic E-state index is 0.245. The predicted molar refractivity (Wildman–Crippen MR) is 91.5 cm³/mol. The summed E-state index contributed by atoms with van der Waals surface area (Å²) in [5.74, 6) is -4.83. The minimum Gasteiger partial charge on any atom is -0.464 e. The van der Waals surface area contributed by atoms with Gasteiger partial charge in [0.25, 0.3) is 10.1 Å². The Morgan fingerprint density at radius 3 is 2.57 bits per heavy atom. The van der Waals surface area contributed by atoms with Gasteiger partial charge in [0.15, 0.2) is 0 Å². The zero-order valence-corrected chi connectivity index (χ0v) is 15.4. The maximum Gasteiger partial charge on any atom is 0.338 e. The molecule has 6 atom stereocenters. The van der Waals surface area contributed by atoms with Crippen molar-refractivity contribution in [1.82, 2.24) is 0 Å². The average Bonchev–Trinajstić information content (AvgIpc) is 3.25. The molecule has 2 aliphatic carbocycles. The summed E-state index contributed by atoms with van der Waals surface area (Å²) in [4.78, 5) is 37.2. The highest BCUT2D eigenvalue weighted by Gasteiger charge is 2.70. The van der Waals surface area contributed by atoms with E-state index in [1.807, 2.05) is 0 Å². The number of fused-ring (bicyclic) bond motifs is 1. The number of carbonyl (C=O) groups excluding carboxylic acids is 3. The third-order valence-corrected chi connectivity index (χ3v) is 6.34. The number of ether oxygens (including phenoxy) is 3. The van der Waals surface area contributed by atoms with Gasteiger partial charge in [-0.25, -0.2) is 4.79 Å². The lowest BCUT2D eigenvalue weighted by Crippen LogP contribution is -2.43. The standard InChI is InChI=1S/C18H18O9S/c19-16(9-4-2-1-3-5-9)26-14-10-8-11-13(18(21)27-15(11)14)12(10)17(20)25-6-7-28(22,23)24/h1-5,10-15H,6-8H2,(H,22,23,24). The van der Waals surface area contributed by atoms with Gasteiger partial charge in [0.1, 0.15) is 24.6 Å². The number of rotatable bonds is 6. The number of esters is 3. The molecule has 2 saturated carbocycles. The molecule has 4 rings (SSSR count). The second-order valence-electron chi connectivity index (χ2n) is 7.21. The molecule has 6 unspecified atom stereocenters. The van der Waals surface area contributed by atoms with Crippen molar-refractivity contribution < 1.29 is 41.6 Å². The van der Waals surface area contributed by atoms with Crippen LogP contribution < -0.4 is 0 Å². The Morgan fingerprint density at radius 2 is 1.89 bits per heavy atom. The van der Waals surface area contributed by atoms with E-state index >= 15 is 0 Å². The fourth-order valence-electron chi connectivity index (χ4n) is 4.58. The van der Waals surface area contributed by atoms with E-state index in [1.165, 1.54) is 0 Å². The van der Waals surface area contributed by atoms with Gasteiger partial charge in [-0.2, -0.15) is 8.42 Å². The van der Waals surface area contributed by atoms with E-state index in [9.17, 15) is 22.8 Å². The predicted octanol–water partition coefficient (Wildman–Crippen LogP) is 0.451. The Labute approximate surface area is 160 Å². The molecular weight excluding hydrogens is 392 g/mol. The topological polar surface area (TPSA) is 133 Å². The molecule has 1 heterocycles. The molecule has 3 aliphatic rings. The lowest BCUT2D eigenvalue weighted by Gasteiger charge is -2.30. The van der Waals surface area contributed by atoms with E-state index in [0.29, 0.717) is 12.0 Å². The minimum atomic E-state index is -4.27. The Hall–Kier alpha value is -2.46. The van der Waals surface area contributed by atoms with Gasteiger partial charge < -0.3 is 14.2 Å². The van der Waals surface area contributed by atoms with Crippen molar-refractivity contribution in [3.05, 3.63) is 35.9 Å². The second-order valence-corrected chi connectivity index (χ2v) is 8.78. The van der Waals surface area contributed by atoms with Crippen molar-refractivity contribution in [2.75, 3.05) is 12.4 Å². The zero-order chi connectivity index (χ0) is 20.1. The molecule has 1 N–H and O–H groups in total. The van der Waals surface area contributed by atoms with Gasteiger partial charge in [0, 0.05) is 11.8 Å². The summed E-state index contributed by atoms with van der Waals surface area (Å²) < 4.78 is 46.2. The molecule has 150 valence electrons. The van der Waals surface area contributed by atoms with Gasteiger partial charge in [0.2, 0.25) is 0 Å². The van der Waals surface area contributed by atoms with E-state index in [4.69, 9.17) is 18.8 Å². The fourth-order valence-corrected chi connectivity index (χ4v) is 4.87. The van der Waals surface area contributed by atoms with Gasteiger partial charge in [0.05, 0.1) is 17.4 Å². The Bertz CT molecular complexity index is 910. The third kappa shape index (κ3) is 3.26. The quantitative estimate of drug-likeness (QED) is 0.403. The van der Waals surface area contributed by atoms with Crippen LogP contribution in [0, 0.1) is 23.7 Å². The van der Waals surface area contributed by atoms with Crippen molar-refractivity contribution >= 4 is 28.0 Å². The molecular formula is C18H18O9S. The molecule has 2 bridgehead atoms. The number of hydrogen-bond acceptors (Lipinski definition) is 8. The smallest absolute Gasteiger partial charge is 0.338 e. The van der Waals surface area contributed by atoms with Crippen molar-refractivity contribution in [2.24, 2.45) is 23.7 Å². The first-order valence-electron chi connectivity index (χ1n) is 8.84. The summed E-state index contributed by atoms with van der Waals surface area (Å²) in [6, 6.07) is 8.34. The van der Waals surface area contributed by atoms with Crippen molar-refractivity contribution in [2.45, 2.75) is 18.6 Å². The van der Waals surface area contributed by atoms with Crippen LogP contribution in [0.1, 0.15) is 16.8 Å². The molecule has 9 nitrogen and oxygen atoms in total. The monoisotopic (exact) mass is 410 g/mol. The van der Waals surface area contributed by atoms with Crippen molar-refractivity contribution in [3.8, 4) is 0 Å². The van der Waals surface area contributed by atoms with E-state index < -0.39 is 70.3 Å². The number of carbonyl (C=O) groups is 3. The maximum absolute atomic E-state index is 12.5. The summed E-state index contributed by atoms with van der Waals surface area (Å²) in [5, 5.41) is 0. The molecule has 3 fully saturated rings. The molecule has 10 heteroatoms. The molecule has 0 aromatic heterocycles. The molecule has 1 aromatic carbocycles. The molecule has 0 amide bonds. The third-order valence-electron chi connectivity index (χ3n) is 5.66. The summed E-state index contributed by atoms with van der Waals surface area (Å²) >= 11 is 0. The molecule has 1 aromatic rings. The fraction of sp³-hybridized carbons (Fsp3) is 0.500. The van der Waals surface area contributed by atoms with Crippen molar-refractivity contribution in [1.29, 1.82) is 0 Å². The normalized spacial score (nSPS) is 32.8. The van der Waals surface area contributed by atoms with Crippen LogP contribution in [0.4, 0.5) is 0 Å². The van der Waals surface area contributed by atoms with Crippen LogP contribution >= 0.6 is 0 Å². The van der Waals surface area contributed by atoms with E-state index in [-0.39, 0.29) is 5.92 Å². The Kier molecular flexibility index (Phi) is 4.62. The zero-order valence-electron chi connectivity index (χ0n) is 14.6. The van der Waals surface area contributed by atoms with Crippen LogP contribution in [0.15, 0.2) is 30.3 Å². The maximum atomic E-state index is 12.5. The van der Waals surface area contributed by atoms with Gasteiger partial charge in [-0.3, -0.25) is 14.1 Å². The number of hydrogen-bond donors (Lipinski definition) is 1. The van der Waals surface area contributed by atoms with Crippen LogP contribution in [-0.2, 0) is 33.9 Å². The molecule has 0 spiro atoms. The first kappa shape index (κ1) is 18.9. The SMILES string of the molecule is O=C(OC1C2CC3C1OC(=O)C3C2C(=O)OCCS(=O)(=O)O)c1ccccc1. The summed E-state index contributed by atoms with van der Waals surface area (Å²) in [6.45, 7) is -0.523. The largest absolute Gasteiger partial charge is 0.464 e. The van der Waals surface area contributed by atoms with E-state index in [2.05, 4.69) is 0 Å². The molecule has 1 aliphatic heterocycles. The molecule has 0 radical (unpaired) electrons. The van der Waals surface area contributed by atoms with Crippen LogP contribution in [0.5, 0.6) is 0 Å². The van der Waals surface area contributed by atoms with Gasteiger partial charge >= 0.3 is 17.9 Å². The van der Waals surface area contributed by atoms with Crippen LogP contribution in [0.2, 0.25) is 0 Å². The molecule has 28 heavy (non-hydrogen) atoms. The average molecular weight is 410 g/mol. The summed E-state index contributed by atoms with van der Waals surface area (Å²) in [7, 11) is -4.27. The van der Waals surface area contributed by atoms with Crippen LogP contribution in [0.3, 0.4) is 0 Å². The van der Waals surface area contributed by atoms with Gasteiger partial charge in [-0.05, 0) is 18.6 Å². The van der Waals surface area contributed by atoms with Gasteiger partial charge in [-0.1, -0.05) is 18.2 Å². The van der Waals surface area contributed by atoms with E-state index in [1.54, 1.807) is 30.3 Å². The van der Waals surface area contributed by atoms with Crippen LogP contribution in [0.25, 0.3) is 0 Å². The Balaban J connectivity index is 1.49. The van der Waals surface area contributed by atoms with Gasteiger partial charge in [-0.15, -0.1) is 0 Å². The second kappa shape index (κ2) is 6.85. The number of benzene rings is 1. The Morgan fingerprint density at radius 1 is 1.18 bits per heavy atom. The lowest BCUT2D eigenvalue weighted by atomic mass is 9.78. The first-order chi connectivity index (χ1) is 13.3. The lowest BCUT2D eigenvalue weighted by molar-refractivity contribution is -0.155. The molecule has 1 saturated heterocycles. The highest BCUT2D eigenvalue weighted by atomic mass is 32.2. The van der Waals surface area contributed by atoms with Crippen molar-refractivity contribution in [3.63, 3.8) is 0 Å². The summed E-state index contributed by atoms with van der Waals surface area (Å²) in [5.41, 5.74) is 0.346. The first-order valence-corrected chi connectivity index (χ1v) is 10.5.